The number of rotatable bonds is 1. The van der Waals surface area contributed by atoms with Crippen LogP contribution in [0.2, 0.25) is 0 Å². The third-order valence-corrected chi connectivity index (χ3v) is 1.64. The highest BCUT2D eigenvalue weighted by atomic mass is 16.1. The molecule has 0 fully saturated rings. The maximum Gasteiger partial charge on any atom is 0.249 e. The first-order chi connectivity index (χ1) is 6.65. The number of fused-ring (bicyclic) bond motifs is 1. The molecule has 14 heavy (non-hydrogen) atoms. The van der Waals surface area contributed by atoms with Crippen LogP contribution in [0.3, 0.4) is 0 Å². The van der Waals surface area contributed by atoms with Gasteiger partial charge in [-0.1, -0.05) is 11.5 Å². The Morgan fingerprint density at radius 1 is 1.57 bits per heavy atom. The quantitative estimate of drug-likeness (QED) is 0.609. The second-order valence-electron chi connectivity index (χ2n) is 2.88. The van der Waals surface area contributed by atoms with Crippen LogP contribution in [0.15, 0.2) is 18.3 Å². The average Bonchev–Trinajstić information content (AvgIpc) is 2.44. The molecule has 2 radical (unpaired) electrons. The molecular formula is C8H7BN4O. The smallest absolute Gasteiger partial charge is 0.249 e. The van der Waals surface area contributed by atoms with Crippen molar-refractivity contribution in [3.63, 3.8) is 0 Å². The number of anilines is 1. The van der Waals surface area contributed by atoms with Gasteiger partial charge in [0.2, 0.25) is 11.9 Å². The minimum Gasteiger partial charge on any atom is -0.293 e. The molecule has 0 unspecified atom stereocenters. The first-order valence-electron chi connectivity index (χ1n) is 4.04. The molecule has 5 nitrogen and oxygen atoms in total. The molecule has 0 aromatic carbocycles. The monoisotopic (exact) mass is 186 g/mol. The van der Waals surface area contributed by atoms with Gasteiger partial charge < -0.3 is 0 Å². The Morgan fingerprint density at radius 3 is 3.07 bits per heavy atom. The van der Waals surface area contributed by atoms with Gasteiger partial charge in [0.1, 0.15) is 7.85 Å². The molecular weight excluding hydrogens is 179 g/mol. The van der Waals surface area contributed by atoms with E-state index in [0.717, 1.165) is 0 Å². The fourth-order valence-electron chi connectivity index (χ4n) is 1.11. The van der Waals surface area contributed by atoms with Crippen molar-refractivity contribution < 1.29 is 4.79 Å². The third kappa shape index (κ3) is 1.59. The van der Waals surface area contributed by atoms with Gasteiger partial charge >= 0.3 is 0 Å². The highest BCUT2D eigenvalue weighted by molar-refractivity contribution is 6.32. The Hall–Kier alpha value is -1.85. The topological polar surface area (TPSA) is 59.3 Å². The second kappa shape index (κ2) is 3.14. The van der Waals surface area contributed by atoms with Crippen molar-refractivity contribution in [2.75, 3.05) is 5.32 Å². The Bertz CT molecular complexity index is 493. The summed E-state index contributed by atoms with van der Waals surface area (Å²) in [7, 11) is 5.56. The van der Waals surface area contributed by atoms with Gasteiger partial charge in [-0.2, -0.15) is 4.98 Å². The molecule has 0 atom stereocenters. The van der Waals surface area contributed by atoms with E-state index in [9.17, 15) is 4.79 Å². The van der Waals surface area contributed by atoms with Gasteiger partial charge in [-0.05, 0) is 6.07 Å². The summed E-state index contributed by atoms with van der Waals surface area (Å²) in [6.45, 7) is 1.40. The van der Waals surface area contributed by atoms with E-state index >= 15 is 0 Å². The van der Waals surface area contributed by atoms with E-state index in [1.54, 1.807) is 18.3 Å². The van der Waals surface area contributed by atoms with Crippen molar-refractivity contribution in [1.82, 2.24) is 14.6 Å². The van der Waals surface area contributed by atoms with E-state index in [1.165, 1.54) is 11.4 Å². The van der Waals surface area contributed by atoms with Gasteiger partial charge in [0.15, 0.2) is 5.65 Å². The predicted molar refractivity (Wildman–Crippen MR) is 52.7 cm³/mol. The van der Waals surface area contributed by atoms with Crippen LogP contribution in [0.25, 0.3) is 5.65 Å². The number of pyridine rings is 1. The average molecular weight is 186 g/mol. The van der Waals surface area contributed by atoms with Crippen molar-refractivity contribution in [2.45, 2.75) is 6.92 Å². The van der Waals surface area contributed by atoms with Crippen LogP contribution < -0.4 is 10.8 Å². The molecule has 1 amide bonds. The Kier molecular flexibility index (Phi) is 1.96. The molecule has 68 valence electrons. The van der Waals surface area contributed by atoms with Crippen LogP contribution in [0.4, 0.5) is 5.95 Å². The highest BCUT2D eigenvalue weighted by Crippen LogP contribution is 2.02. The molecule has 0 saturated heterocycles. The number of carbonyl (C=O) groups excluding carboxylic acids is 1. The molecule has 2 aromatic rings. The summed E-state index contributed by atoms with van der Waals surface area (Å²) < 4.78 is 1.51. The summed E-state index contributed by atoms with van der Waals surface area (Å²) in [6, 6.07) is 3.45. The minimum atomic E-state index is -0.200. The maximum absolute atomic E-state index is 10.7. The lowest BCUT2D eigenvalue weighted by Crippen LogP contribution is -2.07. The number of aromatic nitrogens is 3. The van der Waals surface area contributed by atoms with E-state index in [1.807, 2.05) is 0 Å². The SMILES string of the molecule is [B]c1ccc2nc(NC(C)=O)nn2c1. The lowest BCUT2D eigenvalue weighted by Gasteiger charge is -1.92. The van der Waals surface area contributed by atoms with Crippen molar-refractivity contribution in [1.29, 1.82) is 0 Å². The largest absolute Gasteiger partial charge is 0.293 e. The van der Waals surface area contributed by atoms with Crippen molar-refractivity contribution in [3.8, 4) is 0 Å². The zero-order chi connectivity index (χ0) is 10.1. The van der Waals surface area contributed by atoms with Gasteiger partial charge in [0.25, 0.3) is 0 Å². The van der Waals surface area contributed by atoms with Crippen molar-refractivity contribution in [3.05, 3.63) is 18.3 Å². The third-order valence-electron chi connectivity index (χ3n) is 1.64. The fraction of sp³-hybridized carbons (Fsp3) is 0.125. The molecule has 2 heterocycles. The maximum atomic E-state index is 10.7. The standard InChI is InChI=1S/C8H7BN4O/c1-5(14)10-8-11-7-3-2-6(9)4-13(7)12-8/h2-4H,1H3,(H,10,12,14). The van der Waals surface area contributed by atoms with Gasteiger partial charge in [0, 0.05) is 13.1 Å². The van der Waals surface area contributed by atoms with Gasteiger partial charge in [-0.25, -0.2) is 4.52 Å². The number of hydrogen-bond acceptors (Lipinski definition) is 3. The number of nitrogens with zero attached hydrogens (tertiary/aromatic N) is 3. The molecule has 2 aromatic heterocycles. The van der Waals surface area contributed by atoms with E-state index in [0.29, 0.717) is 11.1 Å². The molecule has 1 N–H and O–H groups in total. The summed E-state index contributed by atoms with van der Waals surface area (Å²) >= 11 is 0. The van der Waals surface area contributed by atoms with Crippen LogP contribution in [-0.4, -0.2) is 28.4 Å². The molecule has 0 aliphatic rings. The predicted octanol–water partition coefficient (Wildman–Crippen LogP) is -0.519. The number of nitrogens with one attached hydrogen (secondary N) is 1. The van der Waals surface area contributed by atoms with E-state index in [-0.39, 0.29) is 11.9 Å². The van der Waals surface area contributed by atoms with Crippen LogP contribution in [0.1, 0.15) is 6.92 Å². The number of amides is 1. The summed E-state index contributed by atoms with van der Waals surface area (Å²) in [4.78, 5) is 14.8. The van der Waals surface area contributed by atoms with Crippen LogP contribution in [0.5, 0.6) is 0 Å². The minimum absolute atomic E-state index is 0.200. The number of carbonyl (C=O) groups is 1. The fourth-order valence-corrected chi connectivity index (χ4v) is 1.11. The highest BCUT2D eigenvalue weighted by Gasteiger charge is 2.03. The Labute approximate surface area is 81.6 Å². The van der Waals surface area contributed by atoms with Crippen LogP contribution >= 0.6 is 0 Å². The molecule has 6 heteroatoms. The van der Waals surface area contributed by atoms with Crippen molar-refractivity contribution in [2.24, 2.45) is 0 Å². The molecule has 0 aliphatic heterocycles. The van der Waals surface area contributed by atoms with E-state index < -0.39 is 0 Å². The lowest BCUT2D eigenvalue weighted by molar-refractivity contribution is -0.114. The molecule has 0 aliphatic carbocycles. The number of hydrogen-bond donors (Lipinski definition) is 1. The summed E-state index contributed by atoms with van der Waals surface area (Å²) in [6.07, 6.45) is 1.63. The lowest BCUT2D eigenvalue weighted by atomic mass is 9.99. The van der Waals surface area contributed by atoms with Crippen molar-refractivity contribution >= 4 is 30.8 Å². The summed E-state index contributed by atoms with van der Waals surface area (Å²) in [5, 5.41) is 6.50. The molecule has 0 bridgehead atoms. The van der Waals surface area contributed by atoms with Crippen LogP contribution in [-0.2, 0) is 4.79 Å². The first-order valence-corrected chi connectivity index (χ1v) is 4.04. The van der Waals surface area contributed by atoms with E-state index in [2.05, 4.69) is 15.4 Å². The van der Waals surface area contributed by atoms with Gasteiger partial charge in [0.05, 0.1) is 0 Å². The zero-order valence-electron chi connectivity index (χ0n) is 7.56. The van der Waals surface area contributed by atoms with Crippen LogP contribution in [0, 0.1) is 0 Å². The second-order valence-corrected chi connectivity index (χ2v) is 2.88. The molecule has 2 rings (SSSR count). The summed E-state index contributed by atoms with van der Waals surface area (Å²) in [5.41, 5.74) is 1.24. The normalized spacial score (nSPS) is 10.4. The van der Waals surface area contributed by atoms with Gasteiger partial charge in [-0.15, -0.1) is 5.10 Å². The molecule has 0 spiro atoms. The first kappa shape index (κ1) is 8.74. The summed E-state index contributed by atoms with van der Waals surface area (Å²) in [5.74, 6) is 0.0805. The Morgan fingerprint density at radius 2 is 2.36 bits per heavy atom. The molecule has 0 saturated carbocycles. The Balaban J connectivity index is 2.46. The zero-order valence-corrected chi connectivity index (χ0v) is 7.56. The van der Waals surface area contributed by atoms with Gasteiger partial charge in [-0.3, -0.25) is 10.1 Å². The van der Waals surface area contributed by atoms with E-state index in [4.69, 9.17) is 7.85 Å².